The van der Waals surface area contributed by atoms with E-state index in [-0.39, 0.29) is 5.92 Å². The van der Waals surface area contributed by atoms with Gasteiger partial charge in [-0.05, 0) is 37.0 Å². The average molecular weight is 184 g/mol. The van der Waals surface area contributed by atoms with Crippen molar-refractivity contribution in [1.29, 1.82) is 0 Å². The van der Waals surface area contributed by atoms with E-state index < -0.39 is 5.97 Å². The molecule has 0 aromatic carbocycles. The van der Waals surface area contributed by atoms with Crippen LogP contribution in [-0.2, 0) is 4.79 Å². The molecule has 1 saturated carbocycles. The number of carboxylic acid groups (broad SMARTS) is 1. The topological polar surface area (TPSA) is 37.3 Å². The van der Waals surface area contributed by atoms with Crippen molar-refractivity contribution in [2.45, 2.75) is 46.5 Å². The Hall–Kier alpha value is -0.530. The minimum absolute atomic E-state index is 0.109. The molecule has 1 N–H and O–H groups in total. The van der Waals surface area contributed by atoms with Crippen molar-refractivity contribution in [2.24, 2.45) is 17.3 Å². The lowest BCUT2D eigenvalue weighted by Crippen LogP contribution is -2.21. The SMILES string of the molecule is CCC(C(=O)O)C1CCC(C)(C)C1. The van der Waals surface area contributed by atoms with Crippen LogP contribution in [0.15, 0.2) is 0 Å². The first-order chi connectivity index (χ1) is 5.96. The molecule has 2 nitrogen and oxygen atoms in total. The van der Waals surface area contributed by atoms with Gasteiger partial charge in [0.05, 0.1) is 5.92 Å². The van der Waals surface area contributed by atoms with Crippen LogP contribution in [0, 0.1) is 17.3 Å². The van der Waals surface area contributed by atoms with Gasteiger partial charge in [-0.2, -0.15) is 0 Å². The Kier molecular flexibility index (Phi) is 2.99. The number of carboxylic acids is 1. The van der Waals surface area contributed by atoms with E-state index in [9.17, 15) is 4.79 Å². The predicted octanol–water partition coefficient (Wildman–Crippen LogP) is 2.92. The number of aliphatic carboxylic acids is 1. The highest BCUT2D eigenvalue weighted by molar-refractivity contribution is 5.70. The fourth-order valence-electron chi connectivity index (χ4n) is 2.54. The van der Waals surface area contributed by atoms with Gasteiger partial charge in [-0.25, -0.2) is 0 Å². The highest BCUT2D eigenvalue weighted by Gasteiger charge is 2.37. The Balaban J connectivity index is 2.58. The molecule has 0 saturated heterocycles. The van der Waals surface area contributed by atoms with Gasteiger partial charge in [0.2, 0.25) is 0 Å². The molecule has 1 aliphatic rings. The summed E-state index contributed by atoms with van der Waals surface area (Å²) >= 11 is 0. The Morgan fingerprint density at radius 3 is 2.54 bits per heavy atom. The normalized spacial score (nSPS) is 28.7. The summed E-state index contributed by atoms with van der Waals surface area (Å²) in [6, 6.07) is 0. The van der Waals surface area contributed by atoms with E-state index in [1.54, 1.807) is 0 Å². The van der Waals surface area contributed by atoms with Crippen molar-refractivity contribution < 1.29 is 9.90 Å². The third-order valence-corrected chi connectivity index (χ3v) is 3.33. The average Bonchev–Trinajstić information content (AvgIpc) is 2.31. The molecule has 76 valence electrons. The molecular weight excluding hydrogens is 164 g/mol. The third kappa shape index (κ3) is 2.45. The van der Waals surface area contributed by atoms with Gasteiger partial charge in [0.15, 0.2) is 0 Å². The molecule has 1 rings (SSSR count). The highest BCUT2D eigenvalue weighted by Crippen LogP contribution is 2.44. The Morgan fingerprint density at radius 2 is 2.23 bits per heavy atom. The molecule has 0 aromatic rings. The van der Waals surface area contributed by atoms with Gasteiger partial charge in [-0.3, -0.25) is 4.79 Å². The summed E-state index contributed by atoms with van der Waals surface area (Å²) in [5, 5.41) is 9.00. The van der Waals surface area contributed by atoms with Gasteiger partial charge in [0, 0.05) is 0 Å². The monoisotopic (exact) mass is 184 g/mol. The molecular formula is C11H20O2. The van der Waals surface area contributed by atoms with Crippen molar-refractivity contribution in [1.82, 2.24) is 0 Å². The van der Waals surface area contributed by atoms with Gasteiger partial charge in [0.25, 0.3) is 0 Å². The molecule has 0 radical (unpaired) electrons. The van der Waals surface area contributed by atoms with Crippen LogP contribution in [-0.4, -0.2) is 11.1 Å². The molecule has 0 amide bonds. The van der Waals surface area contributed by atoms with E-state index in [1.165, 1.54) is 6.42 Å². The van der Waals surface area contributed by atoms with Crippen molar-refractivity contribution >= 4 is 5.97 Å². The minimum atomic E-state index is -0.606. The highest BCUT2D eigenvalue weighted by atomic mass is 16.4. The molecule has 2 unspecified atom stereocenters. The van der Waals surface area contributed by atoms with Crippen LogP contribution in [0.4, 0.5) is 0 Å². The summed E-state index contributed by atoms with van der Waals surface area (Å²) in [7, 11) is 0. The summed E-state index contributed by atoms with van der Waals surface area (Å²) in [5.41, 5.74) is 0.369. The predicted molar refractivity (Wildman–Crippen MR) is 52.5 cm³/mol. The second kappa shape index (κ2) is 3.69. The van der Waals surface area contributed by atoms with Crippen LogP contribution >= 0.6 is 0 Å². The van der Waals surface area contributed by atoms with Gasteiger partial charge >= 0.3 is 5.97 Å². The maximum atomic E-state index is 10.9. The number of hydrogen-bond acceptors (Lipinski definition) is 1. The molecule has 2 atom stereocenters. The summed E-state index contributed by atoms with van der Waals surface area (Å²) < 4.78 is 0. The summed E-state index contributed by atoms with van der Waals surface area (Å²) in [6.07, 6.45) is 4.13. The van der Waals surface area contributed by atoms with Crippen molar-refractivity contribution in [2.75, 3.05) is 0 Å². The third-order valence-electron chi connectivity index (χ3n) is 3.33. The molecule has 2 heteroatoms. The van der Waals surface area contributed by atoms with E-state index in [4.69, 9.17) is 5.11 Å². The van der Waals surface area contributed by atoms with Crippen LogP contribution in [0.1, 0.15) is 46.5 Å². The summed E-state index contributed by atoms with van der Waals surface area (Å²) in [4.78, 5) is 10.9. The molecule has 0 aliphatic heterocycles. The fraction of sp³-hybridized carbons (Fsp3) is 0.909. The second-order valence-corrected chi connectivity index (χ2v) is 5.02. The first-order valence-corrected chi connectivity index (χ1v) is 5.19. The van der Waals surface area contributed by atoms with Gasteiger partial charge in [-0.1, -0.05) is 20.8 Å². The van der Waals surface area contributed by atoms with E-state index >= 15 is 0 Å². The maximum absolute atomic E-state index is 10.9. The van der Waals surface area contributed by atoms with Crippen molar-refractivity contribution in [3.05, 3.63) is 0 Å². The lowest BCUT2D eigenvalue weighted by Gasteiger charge is -2.20. The van der Waals surface area contributed by atoms with Gasteiger partial charge < -0.3 is 5.11 Å². The van der Waals surface area contributed by atoms with E-state index in [0.717, 1.165) is 19.3 Å². The van der Waals surface area contributed by atoms with E-state index in [0.29, 0.717) is 11.3 Å². The fourth-order valence-corrected chi connectivity index (χ4v) is 2.54. The first-order valence-electron chi connectivity index (χ1n) is 5.19. The van der Waals surface area contributed by atoms with E-state index in [2.05, 4.69) is 13.8 Å². The van der Waals surface area contributed by atoms with Crippen LogP contribution < -0.4 is 0 Å². The molecule has 0 bridgehead atoms. The van der Waals surface area contributed by atoms with Gasteiger partial charge in [0.1, 0.15) is 0 Å². The zero-order chi connectivity index (χ0) is 10.1. The standard InChI is InChI=1S/C11H20O2/c1-4-9(10(12)13)8-5-6-11(2,3)7-8/h8-9H,4-7H2,1-3H3,(H,12,13). The number of hydrogen-bond donors (Lipinski definition) is 1. The second-order valence-electron chi connectivity index (χ2n) is 5.02. The lowest BCUT2D eigenvalue weighted by molar-refractivity contribution is -0.143. The summed E-state index contributed by atoms with van der Waals surface area (Å²) in [5.74, 6) is -0.301. The largest absolute Gasteiger partial charge is 0.481 e. The zero-order valence-corrected chi connectivity index (χ0v) is 8.84. The maximum Gasteiger partial charge on any atom is 0.306 e. The first kappa shape index (κ1) is 10.6. The lowest BCUT2D eigenvalue weighted by atomic mass is 9.84. The molecule has 0 spiro atoms. The number of rotatable bonds is 3. The van der Waals surface area contributed by atoms with Crippen LogP contribution in [0.3, 0.4) is 0 Å². The molecule has 1 fully saturated rings. The molecule has 0 aromatic heterocycles. The van der Waals surface area contributed by atoms with E-state index in [1.807, 2.05) is 6.92 Å². The Bertz CT molecular complexity index is 196. The number of carbonyl (C=O) groups is 1. The Labute approximate surface area is 80.3 Å². The quantitative estimate of drug-likeness (QED) is 0.732. The molecule has 13 heavy (non-hydrogen) atoms. The minimum Gasteiger partial charge on any atom is -0.481 e. The zero-order valence-electron chi connectivity index (χ0n) is 8.84. The Morgan fingerprint density at radius 1 is 1.62 bits per heavy atom. The van der Waals surface area contributed by atoms with Crippen molar-refractivity contribution in [3.8, 4) is 0 Å². The van der Waals surface area contributed by atoms with Crippen molar-refractivity contribution in [3.63, 3.8) is 0 Å². The molecule has 0 heterocycles. The van der Waals surface area contributed by atoms with Crippen LogP contribution in [0.2, 0.25) is 0 Å². The van der Waals surface area contributed by atoms with Gasteiger partial charge in [-0.15, -0.1) is 0 Å². The smallest absolute Gasteiger partial charge is 0.306 e. The summed E-state index contributed by atoms with van der Waals surface area (Å²) in [6.45, 7) is 6.45. The van der Waals surface area contributed by atoms with Crippen LogP contribution in [0.5, 0.6) is 0 Å². The molecule has 1 aliphatic carbocycles. The van der Waals surface area contributed by atoms with Crippen LogP contribution in [0.25, 0.3) is 0 Å².